The molecule has 1 aliphatic heterocycles. The van der Waals surface area contributed by atoms with Gasteiger partial charge in [0.25, 0.3) is 0 Å². The van der Waals surface area contributed by atoms with Crippen molar-refractivity contribution in [3.05, 3.63) is 65.7 Å². The molecule has 3 heterocycles. The Bertz CT molecular complexity index is 952. The van der Waals surface area contributed by atoms with E-state index < -0.39 is 0 Å². The summed E-state index contributed by atoms with van der Waals surface area (Å²) in [4.78, 5) is 23.8. The number of benzene rings is 1. The quantitative estimate of drug-likeness (QED) is 0.704. The first-order valence-corrected chi connectivity index (χ1v) is 9.88. The first-order valence-electron chi connectivity index (χ1n) is 9.88. The van der Waals surface area contributed by atoms with Gasteiger partial charge in [-0.15, -0.1) is 0 Å². The molecule has 1 fully saturated rings. The molecule has 2 aliphatic rings. The molecule has 28 heavy (non-hydrogen) atoms. The molecule has 1 aromatic carbocycles. The SMILES string of the molecule is O=C(C1Cc2ccccc2C1)N1CCC(c2nc(-c3ccccn3)no2)CC1. The van der Waals surface area contributed by atoms with Crippen molar-refractivity contribution in [3.8, 4) is 11.5 Å². The van der Waals surface area contributed by atoms with E-state index >= 15 is 0 Å². The molecule has 0 bridgehead atoms. The zero-order valence-electron chi connectivity index (χ0n) is 15.6. The van der Waals surface area contributed by atoms with Gasteiger partial charge in [-0.05, 0) is 48.9 Å². The number of amides is 1. The Balaban J connectivity index is 1.20. The number of hydrogen-bond donors (Lipinski definition) is 0. The number of carbonyl (C=O) groups excluding carboxylic acids is 1. The minimum Gasteiger partial charge on any atom is -0.342 e. The number of nitrogens with zero attached hydrogens (tertiary/aromatic N) is 4. The van der Waals surface area contributed by atoms with E-state index in [0.29, 0.717) is 17.4 Å². The van der Waals surface area contributed by atoms with Crippen LogP contribution in [-0.2, 0) is 17.6 Å². The Hall–Kier alpha value is -3.02. The highest BCUT2D eigenvalue weighted by Crippen LogP contribution is 2.32. The molecule has 0 unspecified atom stereocenters. The number of rotatable bonds is 3. The van der Waals surface area contributed by atoms with Gasteiger partial charge in [-0.3, -0.25) is 9.78 Å². The van der Waals surface area contributed by atoms with Crippen LogP contribution in [0.5, 0.6) is 0 Å². The Kier molecular flexibility index (Phi) is 4.39. The maximum Gasteiger partial charge on any atom is 0.230 e. The van der Waals surface area contributed by atoms with Crippen molar-refractivity contribution in [1.82, 2.24) is 20.0 Å². The maximum absolute atomic E-state index is 13.0. The average molecular weight is 374 g/mol. The molecule has 2 aromatic heterocycles. The highest BCUT2D eigenvalue weighted by molar-refractivity contribution is 5.80. The van der Waals surface area contributed by atoms with E-state index in [9.17, 15) is 4.79 Å². The van der Waals surface area contributed by atoms with Crippen molar-refractivity contribution in [2.75, 3.05) is 13.1 Å². The van der Waals surface area contributed by atoms with Gasteiger partial charge in [-0.25, -0.2) is 0 Å². The van der Waals surface area contributed by atoms with Crippen molar-refractivity contribution in [3.63, 3.8) is 0 Å². The molecule has 0 N–H and O–H groups in total. The second kappa shape index (κ2) is 7.19. The molecule has 3 aromatic rings. The van der Waals surface area contributed by atoms with Gasteiger partial charge in [-0.2, -0.15) is 4.98 Å². The third kappa shape index (κ3) is 3.19. The fourth-order valence-electron chi connectivity index (χ4n) is 4.34. The van der Waals surface area contributed by atoms with E-state index in [-0.39, 0.29) is 17.7 Å². The highest BCUT2D eigenvalue weighted by Gasteiger charge is 2.33. The van der Waals surface area contributed by atoms with E-state index in [1.807, 2.05) is 23.1 Å². The van der Waals surface area contributed by atoms with Gasteiger partial charge in [0, 0.05) is 31.1 Å². The molecular weight excluding hydrogens is 352 g/mol. The van der Waals surface area contributed by atoms with Crippen LogP contribution in [-0.4, -0.2) is 39.0 Å². The van der Waals surface area contributed by atoms with Gasteiger partial charge in [-0.1, -0.05) is 35.5 Å². The van der Waals surface area contributed by atoms with Crippen molar-refractivity contribution < 1.29 is 9.32 Å². The topological polar surface area (TPSA) is 72.1 Å². The summed E-state index contributed by atoms with van der Waals surface area (Å²) in [6.45, 7) is 1.50. The summed E-state index contributed by atoms with van der Waals surface area (Å²) in [6, 6.07) is 14.0. The third-order valence-electron chi connectivity index (χ3n) is 5.89. The van der Waals surface area contributed by atoms with Crippen LogP contribution in [0.25, 0.3) is 11.5 Å². The summed E-state index contributed by atoms with van der Waals surface area (Å²) < 4.78 is 5.49. The fraction of sp³-hybridized carbons (Fsp3) is 0.364. The van der Waals surface area contributed by atoms with Gasteiger partial charge < -0.3 is 9.42 Å². The highest BCUT2D eigenvalue weighted by atomic mass is 16.5. The van der Waals surface area contributed by atoms with Crippen molar-refractivity contribution >= 4 is 5.91 Å². The van der Waals surface area contributed by atoms with Crippen LogP contribution >= 0.6 is 0 Å². The zero-order chi connectivity index (χ0) is 18.9. The minimum atomic E-state index is 0.0908. The smallest absolute Gasteiger partial charge is 0.230 e. The molecule has 1 aliphatic carbocycles. The molecular formula is C22H22N4O2. The normalized spacial score (nSPS) is 17.6. The lowest BCUT2D eigenvalue weighted by Crippen LogP contribution is -2.41. The van der Waals surface area contributed by atoms with E-state index in [1.54, 1.807) is 6.20 Å². The van der Waals surface area contributed by atoms with E-state index in [0.717, 1.165) is 38.8 Å². The molecule has 0 saturated carbocycles. The number of likely N-dealkylation sites (tertiary alicyclic amines) is 1. The molecule has 1 amide bonds. The number of carbonyl (C=O) groups is 1. The number of hydrogen-bond acceptors (Lipinski definition) is 5. The van der Waals surface area contributed by atoms with Gasteiger partial charge in [0.1, 0.15) is 5.69 Å². The lowest BCUT2D eigenvalue weighted by molar-refractivity contribution is -0.136. The lowest BCUT2D eigenvalue weighted by Gasteiger charge is -2.32. The van der Waals surface area contributed by atoms with Crippen LogP contribution in [0, 0.1) is 5.92 Å². The van der Waals surface area contributed by atoms with Crippen molar-refractivity contribution in [2.24, 2.45) is 5.92 Å². The van der Waals surface area contributed by atoms with Crippen LogP contribution in [0.1, 0.15) is 35.8 Å². The number of aromatic nitrogens is 3. The van der Waals surface area contributed by atoms with Crippen molar-refractivity contribution in [1.29, 1.82) is 0 Å². The fourth-order valence-corrected chi connectivity index (χ4v) is 4.34. The molecule has 6 heteroatoms. The van der Waals surface area contributed by atoms with Crippen molar-refractivity contribution in [2.45, 2.75) is 31.6 Å². The van der Waals surface area contributed by atoms with Gasteiger partial charge >= 0.3 is 0 Å². The predicted molar refractivity (Wildman–Crippen MR) is 103 cm³/mol. The van der Waals surface area contributed by atoms with E-state index in [4.69, 9.17) is 4.52 Å². The number of fused-ring (bicyclic) bond motifs is 1. The van der Waals surface area contributed by atoms with Crippen LogP contribution in [0.3, 0.4) is 0 Å². The molecule has 0 atom stereocenters. The second-order valence-electron chi connectivity index (χ2n) is 7.64. The summed E-state index contributed by atoms with van der Waals surface area (Å²) in [6.07, 6.45) is 5.17. The van der Waals surface area contributed by atoms with Crippen LogP contribution in [0.4, 0.5) is 0 Å². The Morgan fingerprint density at radius 2 is 1.71 bits per heavy atom. The monoisotopic (exact) mass is 374 g/mol. The molecule has 5 rings (SSSR count). The van der Waals surface area contributed by atoms with Crippen LogP contribution in [0.15, 0.2) is 53.2 Å². The summed E-state index contributed by atoms with van der Waals surface area (Å²) in [5.41, 5.74) is 3.36. The standard InChI is InChI=1S/C22H22N4O2/c27-22(18-13-16-5-1-2-6-17(16)14-18)26-11-8-15(9-12-26)21-24-20(25-28-21)19-7-3-4-10-23-19/h1-7,10,15,18H,8-9,11-14H2. The Labute approximate surface area is 163 Å². The van der Waals surface area contributed by atoms with E-state index in [1.165, 1.54) is 11.1 Å². The summed E-state index contributed by atoms with van der Waals surface area (Å²) in [5.74, 6) is 1.76. The number of piperidine rings is 1. The van der Waals surface area contributed by atoms with Crippen LogP contribution in [0.2, 0.25) is 0 Å². The number of pyridine rings is 1. The largest absolute Gasteiger partial charge is 0.342 e. The van der Waals surface area contributed by atoms with E-state index in [2.05, 4.69) is 39.4 Å². The van der Waals surface area contributed by atoms with Gasteiger partial charge in [0.05, 0.1) is 0 Å². The van der Waals surface area contributed by atoms with Crippen LogP contribution < -0.4 is 0 Å². The minimum absolute atomic E-state index is 0.0908. The van der Waals surface area contributed by atoms with Gasteiger partial charge in [0.15, 0.2) is 0 Å². The zero-order valence-corrected chi connectivity index (χ0v) is 15.6. The Morgan fingerprint density at radius 3 is 2.39 bits per heavy atom. The first kappa shape index (κ1) is 17.1. The summed E-state index contributed by atoms with van der Waals surface area (Å²) in [7, 11) is 0. The second-order valence-corrected chi connectivity index (χ2v) is 7.64. The maximum atomic E-state index is 13.0. The van der Waals surface area contributed by atoms with Gasteiger partial charge in [0.2, 0.25) is 17.6 Å². The average Bonchev–Trinajstić information content (AvgIpc) is 3.41. The lowest BCUT2D eigenvalue weighted by atomic mass is 9.95. The predicted octanol–water partition coefficient (Wildman–Crippen LogP) is 3.25. The Morgan fingerprint density at radius 1 is 1.00 bits per heavy atom. The molecule has 0 radical (unpaired) electrons. The molecule has 6 nitrogen and oxygen atoms in total. The molecule has 1 saturated heterocycles. The summed E-state index contributed by atoms with van der Waals surface area (Å²) >= 11 is 0. The molecule has 0 spiro atoms. The summed E-state index contributed by atoms with van der Waals surface area (Å²) in [5, 5.41) is 4.07. The molecule has 142 valence electrons. The first-order chi connectivity index (χ1) is 13.8. The third-order valence-corrected chi connectivity index (χ3v) is 5.89.